The summed E-state index contributed by atoms with van der Waals surface area (Å²) in [5.41, 5.74) is 1.70. The number of carbonyl (C=O) groups excluding carboxylic acids is 1. The van der Waals surface area contributed by atoms with E-state index in [9.17, 15) is 9.59 Å². The SMILES string of the molecule is C=CCn1c(SCC(=O)NC[C@H](C)c2ccccc2)nc2ccccc2c1=O. The third kappa shape index (κ3) is 4.70. The van der Waals surface area contributed by atoms with Gasteiger partial charge < -0.3 is 5.32 Å². The lowest BCUT2D eigenvalue weighted by Gasteiger charge is -2.14. The lowest BCUT2D eigenvalue weighted by molar-refractivity contribution is -0.118. The molecule has 0 saturated heterocycles. The van der Waals surface area contributed by atoms with Gasteiger partial charge in [-0.15, -0.1) is 6.58 Å². The molecule has 0 radical (unpaired) electrons. The number of allylic oxidation sites excluding steroid dienone is 1. The Labute approximate surface area is 168 Å². The van der Waals surface area contributed by atoms with Gasteiger partial charge in [0.15, 0.2) is 5.16 Å². The predicted octanol–water partition coefficient (Wildman–Crippen LogP) is 3.59. The summed E-state index contributed by atoms with van der Waals surface area (Å²) in [6.07, 6.45) is 1.66. The largest absolute Gasteiger partial charge is 0.355 e. The minimum absolute atomic E-state index is 0.0830. The van der Waals surface area contributed by atoms with E-state index < -0.39 is 0 Å². The molecule has 2 aromatic carbocycles. The van der Waals surface area contributed by atoms with Gasteiger partial charge in [-0.05, 0) is 23.6 Å². The second-order valence-corrected chi connectivity index (χ2v) is 7.46. The molecule has 0 spiro atoms. The molecular weight excluding hydrogens is 370 g/mol. The van der Waals surface area contributed by atoms with Crippen molar-refractivity contribution in [1.29, 1.82) is 0 Å². The summed E-state index contributed by atoms with van der Waals surface area (Å²) in [5, 5.41) is 4.05. The Morgan fingerprint density at radius 2 is 1.93 bits per heavy atom. The average molecular weight is 394 g/mol. The fourth-order valence-corrected chi connectivity index (χ4v) is 3.73. The fraction of sp³-hybridized carbons (Fsp3) is 0.227. The highest BCUT2D eigenvalue weighted by Crippen LogP contribution is 2.18. The van der Waals surface area contributed by atoms with Crippen molar-refractivity contribution in [2.75, 3.05) is 12.3 Å². The number of thioether (sulfide) groups is 1. The molecule has 1 amide bonds. The van der Waals surface area contributed by atoms with E-state index in [1.165, 1.54) is 17.3 Å². The van der Waals surface area contributed by atoms with Gasteiger partial charge in [-0.1, -0.05) is 67.2 Å². The van der Waals surface area contributed by atoms with Crippen molar-refractivity contribution in [2.24, 2.45) is 0 Å². The maximum atomic E-state index is 12.7. The van der Waals surface area contributed by atoms with Crippen molar-refractivity contribution >= 4 is 28.6 Å². The maximum Gasteiger partial charge on any atom is 0.262 e. The second-order valence-electron chi connectivity index (χ2n) is 6.52. The third-order valence-corrected chi connectivity index (χ3v) is 5.42. The highest BCUT2D eigenvalue weighted by molar-refractivity contribution is 7.99. The Balaban J connectivity index is 1.67. The van der Waals surface area contributed by atoms with E-state index in [2.05, 4.69) is 35.9 Å². The van der Waals surface area contributed by atoms with Gasteiger partial charge in [-0.3, -0.25) is 14.2 Å². The number of benzene rings is 2. The molecule has 28 heavy (non-hydrogen) atoms. The van der Waals surface area contributed by atoms with Gasteiger partial charge in [0.05, 0.1) is 16.7 Å². The summed E-state index contributed by atoms with van der Waals surface area (Å²) in [5.74, 6) is 0.344. The average Bonchev–Trinajstić information content (AvgIpc) is 2.73. The first-order valence-electron chi connectivity index (χ1n) is 9.15. The van der Waals surface area contributed by atoms with Crippen molar-refractivity contribution in [3.05, 3.63) is 83.2 Å². The molecule has 0 fully saturated rings. The number of hydrogen-bond donors (Lipinski definition) is 1. The fourth-order valence-electron chi connectivity index (χ4n) is 2.90. The minimum Gasteiger partial charge on any atom is -0.355 e. The zero-order valence-electron chi connectivity index (χ0n) is 15.8. The first-order valence-corrected chi connectivity index (χ1v) is 10.1. The van der Waals surface area contributed by atoms with Crippen LogP contribution in [-0.2, 0) is 11.3 Å². The second kappa shape index (κ2) is 9.37. The van der Waals surface area contributed by atoms with Gasteiger partial charge >= 0.3 is 0 Å². The van der Waals surface area contributed by atoms with E-state index in [1.807, 2.05) is 30.3 Å². The van der Waals surface area contributed by atoms with Crippen molar-refractivity contribution in [3.63, 3.8) is 0 Å². The van der Waals surface area contributed by atoms with Crippen LogP contribution < -0.4 is 10.9 Å². The Morgan fingerprint density at radius 1 is 1.21 bits per heavy atom. The smallest absolute Gasteiger partial charge is 0.262 e. The van der Waals surface area contributed by atoms with Crippen LogP contribution in [0.3, 0.4) is 0 Å². The molecule has 6 heteroatoms. The lowest BCUT2D eigenvalue weighted by atomic mass is 10.0. The number of amides is 1. The molecule has 0 aliphatic rings. The summed E-state index contributed by atoms with van der Waals surface area (Å²) in [6.45, 7) is 6.71. The number of fused-ring (bicyclic) bond motifs is 1. The number of hydrogen-bond acceptors (Lipinski definition) is 4. The van der Waals surface area contributed by atoms with E-state index >= 15 is 0 Å². The van der Waals surface area contributed by atoms with Crippen LogP contribution in [0.2, 0.25) is 0 Å². The molecule has 5 nitrogen and oxygen atoms in total. The molecule has 3 aromatic rings. The highest BCUT2D eigenvalue weighted by Gasteiger charge is 2.13. The first kappa shape index (κ1) is 19.9. The van der Waals surface area contributed by atoms with Crippen LogP contribution >= 0.6 is 11.8 Å². The third-order valence-electron chi connectivity index (χ3n) is 4.44. The topological polar surface area (TPSA) is 64.0 Å². The van der Waals surface area contributed by atoms with Gasteiger partial charge in [-0.2, -0.15) is 0 Å². The number of carbonyl (C=O) groups is 1. The van der Waals surface area contributed by atoms with E-state index in [1.54, 1.807) is 22.8 Å². The van der Waals surface area contributed by atoms with Crippen LogP contribution in [0.4, 0.5) is 0 Å². The quantitative estimate of drug-likeness (QED) is 0.361. The van der Waals surface area contributed by atoms with Crippen molar-refractivity contribution in [2.45, 2.75) is 24.5 Å². The van der Waals surface area contributed by atoms with Crippen LogP contribution in [0, 0.1) is 0 Å². The van der Waals surface area contributed by atoms with Gasteiger partial charge in [-0.25, -0.2) is 4.98 Å². The number of para-hydroxylation sites is 1. The summed E-state index contributed by atoms with van der Waals surface area (Å²) < 4.78 is 1.56. The van der Waals surface area contributed by atoms with Gasteiger partial charge in [0.1, 0.15) is 0 Å². The highest BCUT2D eigenvalue weighted by atomic mass is 32.2. The van der Waals surface area contributed by atoms with E-state index in [4.69, 9.17) is 0 Å². The molecule has 3 rings (SSSR count). The van der Waals surface area contributed by atoms with Crippen molar-refractivity contribution in [1.82, 2.24) is 14.9 Å². The van der Waals surface area contributed by atoms with Crippen LogP contribution in [0.5, 0.6) is 0 Å². The molecule has 0 aliphatic heterocycles. The zero-order chi connectivity index (χ0) is 19.9. The molecule has 0 bridgehead atoms. The van der Waals surface area contributed by atoms with Crippen LogP contribution in [0.25, 0.3) is 10.9 Å². The molecule has 144 valence electrons. The van der Waals surface area contributed by atoms with Crippen molar-refractivity contribution < 1.29 is 4.79 Å². The monoisotopic (exact) mass is 393 g/mol. The van der Waals surface area contributed by atoms with Gasteiger partial charge in [0.25, 0.3) is 5.56 Å². The normalized spacial score (nSPS) is 11.9. The Hall–Kier alpha value is -2.86. The summed E-state index contributed by atoms with van der Waals surface area (Å²) in [6, 6.07) is 17.3. The van der Waals surface area contributed by atoms with E-state index in [0.717, 1.165) is 0 Å². The van der Waals surface area contributed by atoms with Crippen LogP contribution in [0.15, 0.2) is 77.2 Å². The molecule has 1 atom stereocenters. The number of nitrogens with zero attached hydrogens (tertiary/aromatic N) is 2. The Morgan fingerprint density at radius 3 is 2.68 bits per heavy atom. The molecule has 1 N–H and O–H groups in total. The molecule has 1 heterocycles. The standard InChI is InChI=1S/C22H23N3O2S/c1-3-13-25-21(27)18-11-7-8-12-19(18)24-22(25)28-15-20(26)23-14-16(2)17-9-5-4-6-10-17/h3-12,16H,1,13-15H2,2H3,(H,23,26)/t16-/m0/s1. The summed E-state index contributed by atoms with van der Waals surface area (Å²) in [7, 11) is 0. The number of nitrogens with one attached hydrogen (secondary N) is 1. The van der Waals surface area contributed by atoms with E-state index in [0.29, 0.717) is 29.1 Å². The summed E-state index contributed by atoms with van der Waals surface area (Å²) >= 11 is 1.26. The molecule has 1 aromatic heterocycles. The molecule has 0 aliphatic carbocycles. The molecule has 0 saturated carbocycles. The predicted molar refractivity (Wildman–Crippen MR) is 115 cm³/mol. The zero-order valence-corrected chi connectivity index (χ0v) is 16.6. The maximum absolute atomic E-state index is 12.7. The Bertz CT molecular complexity index is 1030. The first-order chi connectivity index (χ1) is 13.6. The van der Waals surface area contributed by atoms with Crippen LogP contribution in [0.1, 0.15) is 18.4 Å². The van der Waals surface area contributed by atoms with Crippen molar-refractivity contribution in [3.8, 4) is 0 Å². The lowest BCUT2D eigenvalue weighted by Crippen LogP contribution is -2.29. The van der Waals surface area contributed by atoms with E-state index in [-0.39, 0.29) is 23.1 Å². The Kier molecular flexibility index (Phi) is 6.66. The van der Waals surface area contributed by atoms with Crippen LogP contribution in [-0.4, -0.2) is 27.8 Å². The minimum atomic E-state index is -0.119. The molecular formula is C22H23N3O2S. The van der Waals surface area contributed by atoms with Gasteiger partial charge in [0.2, 0.25) is 5.91 Å². The summed E-state index contributed by atoms with van der Waals surface area (Å²) in [4.78, 5) is 29.6. The number of aromatic nitrogens is 2. The molecule has 0 unspecified atom stereocenters. The number of rotatable bonds is 8. The van der Waals surface area contributed by atoms with Gasteiger partial charge in [0, 0.05) is 13.1 Å².